The van der Waals surface area contributed by atoms with Crippen molar-refractivity contribution in [3.8, 4) is 0 Å². The first-order valence-corrected chi connectivity index (χ1v) is 9.63. The standard InChI is InChI=1S/C23H25NO/c25-22-16-19-7-2-1-6-18(19)15-21(22)24-13-11-23(12-14-24)10-9-17-5-3-4-8-20(17)23/h1-10,21-22,25H,11-16H2/p+1/t21-,22-/m1/s1. The highest BCUT2D eigenvalue weighted by Gasteiger charge is 2.43. The van der Waals surface area contributed by atoms with Gasteiger partial charge in [0.2, 0.25) is 0 Å². The number of quaternary nitrogens is 1. The van der Waals surface area contributed by atoms with Crippen molar-refractivity contribution < 1.29 is 10.0 Å². The van der Waals surface area contributed by atoms with Crippen LogP contribution in [0.3, 0.4) is 0 Å². The SMILES string of the molecule is O[C@@H]1Cc2ccccc2C[C@H]1[NH+]1CCC2(C=Cc3ccccc32)CC1. The summed E-state index contributed by atoms with van der Waals surface area (Å²) in [5.74, 6) is 0. The second-order valence-electron chi connectivity index (χ2n) is 8.09. The first-order valence-electron chi connectivity index (χ1n) is 9.63. The van der Waals surface area contributed by atoms with Crippen molar-refractivity contribution in [2.24, 2.45) is 0 Å². The molecule has 2 N–H and O–H groups in total. The second kappa shape index (κ2) is 5.82. The number of hydrogen-bond acceptors (Lipinski definition) is 1. The van der Waals surface area contributed by atoms with Gasteiger partial charge in [0, 0.05) is 31.1 Å². The van der Waals surface area contributed by atoms with Crippen LogP contribution in [0.2, 0.25) is 0 Å². The van der Waals surface area contributed by atoms with E-state index >= 15 is 0 Å². The molecular formula is C23H26NO+. The lowest BCUT2D eigenvalue weighted by atomic mass is 9.73. The van der Waals surface area contributed by atoms with Crippen LogP contribution in [0.15, 0.2) is 54.6 Å². The third-order valence-corrected chi connectivity index (χ3v) is 6.84. The molecule has 128 valence electrons. The van der Waals surface area contributed by atoms with Gasteiger partial charge in [-0.15, -0.1) is 0 Å². The molecule has 0 saturated carbocycles. The summed E-state index contributed by atoms with van der Waals surface area (Å²) in [6, 6.07) is 17.9. The molecule has 0 unspecified atom stereocenters. The third-order valence-electron chi connectivity index (χ3n) is 6.84. The molecule has 1 aliphatic heterocycles. The van der Waals surface area contributed by atoms with E-state index in [2.05, 4.69) is 60.7 Å². The first kappa shape index (κ1) is 15.4. The zero-order valence-corrected chi connectivity index (χ0v) is 14.6. The lowest BCUT2D eigenvalue weighted by Gasteiger charge is -2.42. The van der Waals surface area contributed by atoms with Crippen molar-refractivity contribution in [1.29, 1.82) is 0 Å². The molecule has 2 aromatic rings. The molecule has 1 heterocycles. The van der Waals surface area contributed by atoms with Crippen molar-refractivity contribution in [2.45, 2.75) is 43.2 Å². The third kappa shape index (κ3) is 2.47. The number of likely N-dealkylation sites (tertiary alicyclic amines) is 1. The molecule has 25 heavy (non-hydrogen) atoms. The minimum absolute atomic E-state index is 0.203. The quantitative estimate of drug-likeness (QED) is 0.822. The molecule has 2 atom stereocenters. The maximum atomic E-state index is 10.7. The van der Waals surface area contributed by atoms with Crippen LogP contribution in [0, 0.1) is 0 Å². The van der Waals surface area contributed by atoms with Crippen molar-refractivity contribution in [3.05, 3.63) is 76.9 Å². The summed E-state index contributed by atoms with van der Waals surface area (Å²) in [7, 11) is 0. The molecule has 2 aliphatic carbocycles. The van der Waals surface area contributed by atoms with Gasteiger partial charge in [-0.05, 0) is 22.3 Å². The van der Waals surface area contributed by atoms with Crippen LogP contribution in [-0.4, -0.2) is 30.3 Å². The number of benzene rings is 2. The zero-order chi connectivity index (χ0) is 16.9. The molecule has 1 spiro atoms. The lowest BCUT2D eigenvalue weighted by Crippen LogP contribution is -3.18. The van der Waals surface area contributed by atoms with Gasteiger partial charge >= 0.3 is 0 Å². The molecular weight excluding hydrogens is 306 g/mol. The molecule has 1 fully saturated rings. The van der Waals surface area contributed by atoms with Crippen LogP contribution in [-0.2, 0) is 18.3 Å². The number of aliphatic hydroxyl groups is 1. The number of fused-ring (bicyclic) bond motifs is 3. The number of nitrogens with one attached hydrogen (secondary N) is 1. The molecule has 2 nitrogen and oxygen atoms in total. The lowest BCUT2D eigenvalue weighted by molar-refractivity contribution is -0.935. The van der Waals surface area contributed by atoms with Gasteiger partial charge in [-0.1, -0.05) is 60.7 Å². The highest BCUT2D eigenvalue weighted by atomic mass is 16.3. The van der Waals surface area contributed by atoms with Gasteiger partial charge in [0.15, 0.2) is 0 Å². The van der Waals surface area contributed by atoms with Crippen LogP contribution < -0.4 is 4.90 Å². The van der Waals surface area contributed by atoms with Gasteiger partial charge < -0.3 is 10.0 Å². The van der Waals surface area contributed by atoms with E-state index in [-0.39, 0.29) is 11.5 Å². The minimum Gasteiger partial charge on any atom is -0.387 e. The molecule has 0 aromatic heterocycles. The van der Waals surface area contributed by atoms with Crippen molar-refractivity contribution in [1.82, 2.24) is 0 Å². The van der Waals surface area contributed by atoms with Crippen molar-refractivity contribution in [2.75, 3.05) is 13.1 Å². The van der Waals surface area contributed by atoms with Crippen molar-refractivity contribution in [3.63, 3.8) is 0 Å². The molecule has 0 amide bonds. The van der Waals surface area contributed by atoms with E-state index < -0.39 is 0 Å². The fourth-order valence-electron chi connectivity index (χ4n) is 5.37. The van der Waals surface area contributed by atoms with Crippen LogP contribution in [0.4, 0.5) is 0 Å². The number of hydrogen-bond donors (Lipinski definition) is 2. The first-order chi connectivity index (χ1) is 12.3. The summed E-state index contributed by atoms with van der Waals surface area (Å²) >= 11 is 0. The van der Waals surface area contributed by atoms with E-state index in [9.17, 15) is 5.11 Å². The van der Waals surface area contributed by atoms with Gasteiger partial charge in [0.25, 0.3) is 0 Å². The summed E-state index contributed by atoms with van der Waals surface area (Å²) in [6.07, 6.45) is 8.78. The van der Waals surface area contributed by atoms with E-state index in [4.69, 9.17) is 0 Å². The summed E-state index contributed by atoms with van der Waals surface area (Å²) in [4.78, 5) is 1.60. The smallest absolute Gasteiger partial charge is 0.118 e. The fourth-order valence-corrected chi connectivity index (χ4v) is 5.37. The average Bonchev–Trinajstić information content (AvgIpc) is 3.01. The zero-order valence-electron chi connectivity index (χ0n) is 14.6. The predicted molar refractivity (Wildman–Crippen MR) is 101 cm³/mol. The van der Waals surface area contributed by atoms with Gasteiger partial charge in [0.05, 0.1) is 13.1 Å². The molecule has 1 saturated heterocycles. The molecule has 3 aliphatic rings. The maximum absolute atomic E-state index is 10.7. The Kier molecular flexibility index (Phi) is 3.58. The Morgan fingerprint density at radius 3 is 2.36 bits per heavy atom. The number of piperidine rings is 1. The molecule has 0 bridgehead atoms. The number of allylic oxidation sites excluding steroid dienone is 1. The Labute approximate surface area is 149 Å². The fraction of sp³-hybridized carbons (Fsp3) is 0.391. The van der Waals surface area contributed by atoms with Crippen LogP contribution >= 0.6 is 0 Å². The Bertz CT molecular complexity index is 816. The number of rotatable bonds is 1. The van der Waals surface area contributed by atoms with E-state index in [0.29, 0.717) is 6.04 Å². The van der Waals surface area contributed by atoms with E-state index in [1.165, 1.54) is 35.1 Å². The van der Waals surface area contributed by atoms with E-state index in [0.717, 1.165) is 25.9 Å². The van der Waals surface area contributed by atoms with Crippen LogP contribution in [0.25, 0.3) is 6.08 Å². The Hall–Kier alpha value is -1.90. The van der Waals surface area contributed by atoms with E-state index in [1.54, 1.807) is 4.90 Å². The second-order valence-corrected chi connectivity index (χ2v) is 8.09. The summed E-state index contributed by atoms with van der Waals surface area (Å²) in [5.41, 5.74) is 5.95. The highest BCUT2D eigenvalue weighted by Crippen LogP contribution is 2.41. The molecule has 0 radical (unpaired) electrons. The Morgan fingerprint density at radius 1 is 0.880 bits per heavy atom. The summed E-state index contributed by atoms with van der Waals surface area (Å²) in [6.45, 7) is 2.31. The Balaban J connectivity index is 1.34. The Morgan fingerprint density at radius 2 is 1.56 bits per heavy atom. The maximum Gasteiger partial charge on any atom is 0.118 e. The topological polar surface area (TPSA) is 24.7 Å². The largest absolute Gasteiger partial charge is 0.387 e. The van der Waals surface area contributed by atoms with Crippen LogP contribution in [0.5, 0.6) is 0 Å². The summed E-state index contributed by atoms with van der Waals surface area (Å²) in [5, 5.41) is 10.7. The summed E-state index contributed by atoms with van der Waals surface area (Å²) < 4.78 is 0. The average molecular weight is 332 g/mol. The van der Waals surface area contributed by atoms with E-state index in [1.807, 2.05) is 0 Å². The van der Waals surface area contributed by atoms with Crippen LogP contribution in [0.1, 0.15) is 35.1 Å². The van der Waals surface area contributed by atoms with Gasteiger partial charge in [-0.3, -0.25) is 0 Å². The predicted octanol–water partition coefficient (Wildman–Crippen LogP) is 2.16. The number of aliphatic hydroxyl groups excluding tert-OH is 1. The monoisotopic (exact) mass is 332 g/mol. The minimum atomic E-state index is -0.203. The molecule has 5 rings (SSSR count). The molecule has 2 heteroatoms. The van der Waals surface area contributed by atoms with Gasteiger partial charge in [-0.2, -0.15) is 0 Å². The molecule has 2 aromatic carbocycles. The normalized spacial score (nSPS) is 33.2. The van der Waals surface area contributed by atoms with Crippen molar-refractivity contribution >= 4 is 6.08 Å². The van der Waals surface area contributed by atoms with Gasteiger partial charge in [-0.25, -0.2) is 0 Å². The van der Waals surface area contributed by atoms with Gasteiger partial charge in [0.1, 0.15) is 12.1 Å². The highest BCUT2D eigenvalue weighted by molar-refractivity contribution is 5.65.